The maximum absolute atomic E-state index is 5.62. The fourth-order valence-electron chi connectivity index (χ4n) is 2.82. The van der Waals surface area contributed by atoms with Crippen molar-refractivity contribution >= 4 is 0 Å². The largest absolute Gasteiger partial charge is 0.380 e. The van der Waals surface area contributed by atoms with Gasteiger partial charge in [0.1, 0.15) is 0 Å². The molecule has 0 spiro atoms. The van der Waals surface area contributed by atoms with Crippen molar-refractivity contribution in [2.75, 3.05) is 32.8 Å². The molecule has 0 aromatic heterocycles. The fourth-order valence-corrected chi connectivity index (χ4v) is 2.82. The zero-order chi connectivity index (χ0) is 14.1. The van der Waals surface area contributed by atoms with Crippen LogP contribution in [-0.2, 0) is 4.74 Å². The van der Waals surface area contributed by atoms with E-state index in [-0.39, 0.29) is 0 Å². The number of hydrogen-bond acceptors (Lipinski definition) is 3. The highest BCUT2D eigenvalue weighted by atomic mass is 16.5. The van der Waals surface area contributed by atoms with Gasteiger partial charge in [0.05, 0.1) is 13.2 Å². The van der Waals surface area contributed by atoms with Gasteiger partial charge in [-0.25, -0.2) is 0 Å². The second-order valence-electron chi connectivity index (χ2n) is 5.67. The van der Waals surface area contributed by atoms with Gasteiger partial charge in [-0.2, -0.15) is 0 Å². The number of ether oxygens (including phenoxy) is 1. The molecule has 0 bridgehead atoms. The molecule has 1 rings (SSSR count). The van der Waals surface area contributed by atoms with E-state index in [0.717, 1.165) is 32.7 Å². The second kappa shape index (κ2) is 9.51. The van der Waals surface area contributed by atoms with Crippen LogP contribution in [0.3, 0.4) is 0 Å². The van der Waals surface area contributed by atoms with E-state index in [1.54, 1.807) is 0 Å². The SMILES string of the molecule is C=CCCOCCN1CCC(NCCC)C(C)C1C. The first-order chi connectivity index (χ1) is 9.20. The third kappa shape index (κ3) is 5.64. The Kier molecular flexibility index (Phi) is 8.35. The Hall–Kier alpha value is -0.380. The average molecular weight is 268 g/mol. The first kappa shape index (κ1) is 16.7. The molecule has 1 fully saturated rings. The van der Waals surface area contributed by atoms with Crippen LogP contribution in [0.1, 0.15) is 40.0 Å². The van der Waals surface area contributed by atoms with Crippen LogP contribution in [0.15, 0.2) is 12.7 Å². The van der Waals surface area contributed by atoms with Crippen LogP contribution >= 0.6 is 0 Å². The number of nitrogens with zero attached hydrogens (tertiary/aromatic N) is 1. The summed E-state index contributed by atoms with van der Waals surface area (Å²) >= 11 is 0. The molecule has 1 aliphatic heterocycles. The lowest BCUT2D eigenvalue weighted by Crippen LogP contribution is -2.54. The molecule has 3 heteroatoms. The molecule has 3 nitrogen and oxygen atoms in total. The Labute approximate surface area is 119 Å². The van der Waals surface area contributed by atoms with Crippen LogP contribution < -0.4 is 5.32 Å². The molecule has 0 aromatic rings. The van der Waals surface area contributed by atoms with Crippen LogP contribution in [0.25, 0.3) is 0 Å². The van der Waals surface area contributed by atoms with E-state index in [1.165, 1.54) is 19.4 Å². The van der Waals surface area contributed by atoms with E-state index in [4.69, 9.17) is 4.74 Å². The number of piperidine rings is 1. The summed E-state index contributed by atoms with van der Waals surface area (Å²) in [6.07, 6.45) is 5.35. The van der Waals surface area contributed by atoms with Crippen LogP contribution in [0.5, 0.6) is 0 Å². The standard InChI is InChI=1S/C16H32N2O/c1-5-7-12-19-13-11-18-10-8-16(17-9-6-2)14(3)15(18)4/h5,14-17H,1,6-13H2,2-4H3. The van der Waals surface area contributed by atoms with Gasteiger partial charge in [0.25, 0.3) is 0 Å². The van der Waals surface area contributed by atoms with Crippen molar-refractivity contribution in [1.82, 2.24) is 10.2 Å². The number of hydrogen-bond donors (Lipinski definition) is 1. The Morgan fingerprint density at radius 3 is 2.84 bits per heavy atom. The lowest BCUT2D eigenvalue weighted by Gasteiger charge is -2.43. The lowest BCUT2D eigenvalue weighted by molar-refractivity contribution is 0.0457. The summed E-state index contributed by atoms with van der Waals surface area (Å²) in [5, 5.41) is 3.69. The first-order valence-corrected chi connectivity index (χ1v) is 7.86. The van der Waals surface area contributed by atoms with Gasteiger partial charge in [0.2, 0.25) is 0 Å². The molecule has 1 heterocycles. The van der Waals surface area contributed by atoms with Gasteiger partial charge in [-0.3, -0.25) is 4.90 Å². The van der Waals surface area contributed by atoms with Gasteiger partial charge in [-0.05, 0) is 38.6 Å². The van der Waals surface area contributed by atoms with E-state index >= 15 is 0 Å². The molecule has 112 valence electrons. The van der Waals surface area contributed by atoms with Crippen LogP contribution in [-0.4, -0.2) is 49.8 Å². The van der Waals surface area contributed by atoms with Crippen molar-refractivity contribution in [2.24, 2.45) is 5.92 Å². The smallest absolute Gasteiger partial charge is 0.0593 e. The fraction of sp³-hybridized carbons (Fsp3) is 0.875. The minimum atomic E-state index is 0.645. The monoisotopic (exact) mass is 268 g/mol. The topological polar surface area (TPSA) is 24.5 Å². The third-order valence-corrected chi connectivity index (χ3v) is 4.34. The Morgan fingerprint density at radius 1 is 1.37 bits per heavy atom. The first-order valence-electron chi connectivity index (χ1n) is 7.86. The molecule has 0 aromatic carbocycles. The van der Waals surface area contributed by atoms with E-state index in [9.17, 15) is 0 Å². The Bertz CT molecular complexity index is 245. The third-order valence-electron chi connectivity index (χ3n) is 4.34. The van der Waals surface area contributed by atoms with E-state index in [2.05, 4.69) is 37.6 Å². The minimum absolute atomic E-state index is 0.645. The van der Waals surface area contributed by atoms with Gasteiger partial charge in [-0.15, -0.1) is 6.58 Å². The highest BCUT2D eigenvalue weighted by molar-refractivity contribution is 4.88. The van der Waals surface area contributed by atoms with E-state index in [1.807, 2.05) is 6.08 Å². The quantitative estimate of drug-likeness (QED) is 0.514. The molecule has 3 unspecified atom stereocenters. The minimum Gasteiger partial charge on any atom is -0.380 e. The van der Waals surface area contributed by atoms with Gasteiger partial charge in [0, 0.05) is 25.2 Å². The van der Waals surface area contributed by atoms with Crippen molar-refractivity contribution in [3.05, 3.63) is 12.7 Å². The summed E-state index contributed by atoms with van der Waals surface area (Å²) < 4.78 is 5.62. The summed E-state index contributed by atoms with van der Waals surface area (Å²) in [5.41, 5.74) is 0. The van der Waals surface area contributed by atoms with Crippen LogP contribution in [0.4, 0.5) is 0 Å². The molecular weight excluding hydrogens is 236 g/mol. The van der Waals surface area contributed by atoms with Crippen LogP contribution in [0, 0.1) is 5.92 Å². The molecule has 3 atom stereocenters. The number of likely N-dealkylation sites (tertiary alicyclic amines) is 1. The van der Waals surface area contributed by atoms with Gasteiger partial charge >= 0.3 is 0 Å². The van der Waals surface area contributed by atoms with E-state index in [0.29, 0.717) is 18.0 Å². The Morgan fingerprint density at radius 2 is 2.16 bits per heavy atom. The van der Waals surface area contributed by atoms with E-state index < -0.39 is 0 Å². The molecular formula is C16H32N2O. The van der Waals surface area contributed by atoms with Crippen molar-refractivity contribution in [3.63, 3.8) is 0 Å². The summed E-state index contributed by atoms with van der Waals surface area (Å²) in [4.78, 5) is 2.57. The van der Waals surface area contributed by atoms with Gasteiger partial charge in [-0.1, -0.05) is 19.9 Å². The zero-order valence-electron chi connectivity index (χ0n) is 13.0. The summed E-state index contributed by atoms with van der Waals surface area (Å²) in [6.45, 7) is 15.7. The average Bonchev–Trinajstić information content (AvgIpc) is 2.42. The molecule has 1 saturated heterocycles. The highest BCUT2D eigenvalue weighted by Crippen LogP contribution is 2.23. The normalized spacial score (nSPS) is 28.5. The van der Waals surface area contributed by atoms with Crippen molar-refractivity contribution in [1.29, 1.82) is 0 Å². The molecule has 1 N–H and O–H groups in total. The van der Waals surface area contributed by atoms with Gasteiger partial charge in [0.15, 0.2) is 0 Å². The second-order valence-corrected chi connectivity index (χ2v) is 5.67. The van der Waals surface area contributed by atoms with Crippen molar-refractivity contribution in [2.45, 2.75) is 52.1 Å². The van der Waals surface area contributed by atoms with Crippen molar-refractivity contribution in [3.8, 4) is 0 Å². The lowest BCUT2D eigenvalue weighted by atomic mass is 9.87. The molecule has 19 heavy (non-hydrogen) atoms. The van der Waals surface area contributed by atoms with Crippen LogP contribution in [0.2, 0.25) is 0 Å². The predicted molar refractivity (Wildman–Crippen MR) is 82.5 cm³/mol. The molecule has 0 radical (unpaired) electrons. The summed E-state index contributed by atoms with van der Waals surface area (Å²) in [7, 11) is 0. The van der Waals surface area contributed by atoms with Gasteiger partial charge < -0.3 is 10.1 Å². The molecule has 0 aliphatic carbocycles. The molecule has 0 amide bonds. The summed E-state index contributed by atoms with van der Waals surface area (Å²) in [6, 6.07) is 1.33. The predicted octanol–water partition coefficient (Wildman–Crippen LogP) is 2.68. The number of nitrogens with one attached hydrogen (secondary N) is 1. The number of rotatable bonds is 9. The maximum Gasteiger partial charge on any atom is 0.0593 e. The Balaban J connectivity index is 2.25. The maximum atomic E-state index is 5.62. The molecule has 1 aliphatic rings. The van der Waals surface area contributed by atoms with Crippen molar-refractivity contribution < 1.29 is 4.74 Å². The summed E-state index contributed by atoms with van der Waals surface area (Å²) in [5.74, 6) is 0.716. The molecule has 0 saturated carbocycles. The highest BCUT2D eigenvalue weighted by Gasteiger charge is 2.31. The zero-order valence-corrected chi connectivity index (χ0v) is 13.0.